The Hall–Kier alpha value is -1.82. The number of carboxylic acid groups (broad SMARTS) is 1. The Morgan fingerprint density at radius 2 is 1.31 bits per heavy atom. The number of aliphatic hydroxyl groups excluding tert-OH is 1. The first kappa shape index (κ1) is 43.2. The predicted molar refractivity (Wildman–Crippen MR) is 172 cm³/mol. The zero-order valence-corrected chi connectivity index (χ0v) is 29.1. The molecule has 0 saturated heterocycles. The maximum Gasteiger partial charge on any atom is 0.472 e. The number of carboxylic acids is 1. The Morgan fingerprint density at radius 1 is 0.778 bits per heavy atom. The van der Waals surface area contributed by atoms with Gasteiger partial charge in [-0.05, 0) is 25.3 Å². The van der Waals surface area contributed by atoms with Crippen LogP contribution in [0.4, 0.5) is 0 Å². The summed E-state index contributed by atoms with van der Waals surface area (Å²) >= 11 is 0. The van der Waals surface area contributed by atoms with Crippen LogP contribution in [0.5, 0.6) is 0 Å². The van der Waals surface area contributed by atoms with Crippen LogP contribution in [-0.4, -0.2) is 97.2 Å². The molecule has 3 unspecified atom stereocenters. The van der Waals surface area contributed by atoms with Crippen LogP contribution in [-0.2, 0) is 37.5 Å². The molecule has 264 valence electrons. The van der Waals surface area contributed by atoms with Crippen LogP contribution in [0, 0.1) is 0 Å². The molecule has 0 rings (SSSR count). The zero-order chi connectivity index (χ0) is 34.0. The third-order valence-corrected chi connectivity index (χ3v) is 7.98. The number of aliphatic hydroxyl groups is 1. The molecule has 0 aliphatic heterocycles. The van der Waals surface area contributed by atoms with Crippen LogP contribution in [0.2, 0.25) is 0 Å². The molecular formula is C32H61NO11P+. The second kappa shape index (κ2) is 26.3. The molecule has 12 nitrogen and oxygen atoms in total. The molecule has 3 N–H and O–H groups in total. The SMILES string of the molecule is CCCCCCCCCCCCCCCC(=O)OCC(COP(=O)(O)OCC[N+](C)(C)C)OC(=O)CCCC(O)/C=C/C(=O)O. The number of ether oxygens (including phenoxy) is 2. The molecule has 0 aromatic carbocycles. The van der Waals surface area contributed by atoms with Gasteiger partial charge in [0.15, 0.2) is 6.10 Å². The third kappa shape index (κ3) is 30.6. The summed E-state index contributed by atoms with van der Waals surface area (Å²) in [6.45, 7) is 1.77. The van der Waals surface area contributed by atoms with Gasteiger partial charge in [0.2, 0.25) is 0 Å². The molecule has 13 heteroatoms. The van der Waals surface area contributed by atoms with E-state index in [1.807, 2.05) is 21.1 Å². The smallest absolute Gasteiger partial charge is 0.472 e. The highest BCUT2D eigenvalue weighted by Gasteiger charge is 2.27. The first-order chi connectivity index (χ1) is 21.2. The second-order valence-corrected chi connectivity index (χ2v) is 14.0. The molecule has 0 saturated carbocycles. The van der Waals surface area contributed by atoms with Crippen LogP contribution in [0.25, 0.3) is 0 Å². The number of nitrogens with zero attached hydrogens (tertiary/aromatic N) is 1. The molecular weight excluding hydrogens is 605 g/mol. The number of hydrogen-bond donors (Lipinski definition) is 3. The highest BCUT2D eigenvalue weighted by molar-refractivity contribution is 7.47. The number of esters is 2. The van der Waals surface area contributed by atoms with E-state index in [4.69, 9.17) is 23.6 Å². The van der Waals surface area contributed by atoms with Gasteiger partial charge in [-0.15, -0.1) is 0 Å². The number of quaternary nitrogens is 1. The first-order valence-electron chi connectivity index (χ1n) is 16.6. The predicted octanol–water partition coefficient (Wildman–Crippen LogP) is 5.93. The summed E-state index contributed by atoms with van der Waals surface area (Å²) in [4.78, 5) is 45.3. The van der Waals surface area contributed by atoms with Crippen LogP contribution >= 0.6 is 7.82 Å². The van der Waals surface area contributed by atoms with Gasteiger partial charge in [0.05, 0.1) is 33.9 Å². The van der Waals surface area contributed by atoms with Crippen molar-refractivity contribution in [3.8, 4) is 0 Å². The molecule has 3 atom stereocenters. The number of rotatable bonds is 30. The van der Waals surface area contributed by atoms with Crippen molar-refractivity contribution in [3.63, 3.8) is 0 Å². The fraction of sp³-hybridized carbons (Fsp3) is 0.844. The van der Waals surface area contributed by atoms with Gasteiger partial charge >= 0.3 is 25.7 Å². The van der Waals surface area contributed by atoms with Gasteiger partial charge in [-0.2, -0.15) is 0 Å². The quantitative estimate of drug-likeness (QED) is 0.0273. The lowest BCUT2D eigenvalue weighted by Crippen LogP contribution is -2.37. The largest absolute Gasteiger partial charge is 0.478 e. The van der Waals surface area contributed by atoms with Crippen LogP contribution in [0.3, 0.4) is 0 Å². The van der Waals surface area contributed by atoms with Crippen LogP contribution in [0.15, 0.2) is 12.2 Å². The Bertz CT molecular complexity index is 876. The number of carbonyl (C=O) groups is 3. The minimum absolute atomic E-state index is 0.0332. The normalized spacial score (nSPS) is 14.6. The summed E-state index contributed by atoms with van der Waals surface area (Å²) in [6, 6.07) is 0. The van der Waals surface area contributed by atoms with Gasteiger partial charge in [0.1, 0.15) is 19.8 Å². The van der Waals surface area contributed by atoms with Gasteiger partial charge < -0.3 is 29.1 Å². The molecule has 0 aromatic heterocycles. The van der Waals surface area contributed by atoms with Crippen molar-refractivity contribution in [1.82, 2.24) is 0 Å². The maximum absolute atomic E-state index is 12.4. The summed E-state index contributed by atoms with van der Waals surface area (Å²) in [5, 5.41) is 18.4. The van der Waals surface area contributed by atoms with E-state index in [9.17, 15) is 28.9 Å². The van der Waals surface area contributed by atoms with Crippen LogP contribution < -0.4 is 0 Å². The molecule has 0 spiro atoms. The van der Waals surface area contributed by atoms with E-state index < -0.39 is 44.5 Å². The summed E-state index contributed by atoms with van der Waals surface area (Å²) in [5.74, 6) is -2.34. The molecule has 45 heavy (non-hydrogen) atoms. The number of hydrogen-bond acceptors (Lipinski definition) is 9. The molecule has 0 aromatic rings. The van der Waals surface area contributed by atoms with Crippen molar-refractivity contribution in [2.75, 3.05) is 47.5 Å². The Kier molecular flexibility index (Phi) is 25.2. The molecule has 0 fully saturated rings. The summed E-state index contributed by atoms with van der Waals surface area (Å²) in [6.07, 6.45) is 15.6. The maximum atomic E-state index is 12.4. The Morgan fingerprint density at radius 3 is 1.84 bits per heavy atom. The van der Waals surface area contributed by atoms with Crippen LogP contribution in [0.1, 0.15) is 116 Å². The van der Waals surface area contributed by atoms with Crippen molar-refractivity contribution >= 4 is 25.7 Å². The van der Waals surface area contributed by atoms with E-state index in [0.717, 1.165) is 31.4 Å². The summed E-state index contributed by atoms with van der Waals surface area (Å²) in [5.41, 5.74) is 0. The number of aliphatic carboxylic acids is 1. The van der Waals surface area contributed by atoms with Crippen molar-refractivity contribution in [1.29, 1.82) is 0 Å². The molecule has 0 radical (unpaired) electrons. The molecule has 0 heterocycles. The summed E-state index contributed by atoms with van der Waals surface area (Å²) in [7, 11) is 1.25. The lowest BCUT2D eigenvalue weighted by molar-refractivity contribution is -0.870. The number of likely N-dealkylation sites (N-methyl/N-ethyl adjacent to an activating group) is 1. The minimum atomic E-state index is -4.45. The van der Waals surface area contributed by atoms with E-state index in [2.05, 4.69) is 6.92 Å². The number of carbonyl (C=O) groups excluding carboxylic acids is 2. The van der Waals surface area contributed by atoms with Gasteiger partial charge in [0.25, 0.3) is 0 Å². The van der Waals surface area contributed by atoms with Gasteiger partial charge in [-0.1, -0.05) is 84.0 Å². The van der Waals surface area contributed by atoms with E-state index >= 15 is 0 Å². The number of phosphoric acid groups is 1. The van der Waals surface area contributed by atoms with Gasteiger partial charge in [-0.25, -0.2) is 9.36 Å². The molecule has 0 amide bonds. The molecule has 0 aliphatic carbocycles. The van der Waals surface area contributed by atoms with E-state index in [0.29, 0.717) is 17.4 Å². The molecule has 0 bridgehead atoms. The monoisotopic (exact) mass is 666 g/mol. The van der Waals surface area contributed by atoms with Crippen molar-refractivity contribution in [2.24, 2.45) is 0 Å². The number of unbranched alkanes of at least 4 members (excludes halogenated alkanes) is 12. The Balaban J connectivity index is 4.52. The zero-order valence-electron chi connectivity index (χ0n) is 28.2. The Labute approximate surface area is 270 Å². The third-order valence-electron chi connectivity index (χ3n) is 6.99. The average Bonchev–Trinajstić information content (AvgIpc) is 2.95. The molecule has 0 aliphatic rings. The second-order valence-electron chi connectivity index (χ2n) is 12.6. The van der Waals surface area contributed by atoms with Crippen molar-refractivity contribution < 1.29 is 57.1 Å². The first-order valence-corrected chi connectivity index (χ1v) is 18.1. The fourth-order valence-electron chi connectivity index (χ4n) is 4.30. The van der Waals surface area contributed by atoms with Gasteiger partial charge in [0, 0.05) is 18.9 Å². The van der Waals surface area contributed by atoms with Crippen molar-refractivity contribution in [3.05, 3.63) is 12.2 Å². The average molecular weight is 667 g/mol. The summed E-state index contributed by atoms with van der Waals surface area (Å²) < 4.78 is 33.5. The topological polar surface area (TPSA) is 166 Å². The van der Waals surface area contributed by atoms with Crippen molar-refractivity contribution in [2.45, 2.75) is 128 Å². The highest BCUT2D eigenvalue weighted by Crippen LogP contribution is 2.43. The fourth-order valence-corrected chi connectivity index (χ4v) is 5.04. The van der Waals surface area contributed by atoms with E-state index in [-0.39, 0.29) is 38.9 Å². The standard InChI is InChI=1S/C32H60NO11P/c1-5-6-7-8-9-10-11-12-13-14-15-16-17-20-31(37)41-26-29(27-43-45(39,40)42-25-24-33(2,3)4)44-32(38)21-18-19-28(34)22-23-30(35)36/h22-23,28-29,34H,5-21,24-27H2,1-4H3,(H-,35,36,39,40)/p+1/b23-22+. The minimum Gasteiger partial charge on any atom is -0.478 e. The van der Waals surface area contributed by atoms with E-state index in [1.165, 1.54) is 57.8 Å². The van der Waals surface area contributed by atoms with Gasteiger partial charge in [-0.3, -0.25) is 18.6 Å². The highest BCUT2D eigenvalue weighted by atomic mass is 31.2. The van der Waals surface area contributed by atoms with E-state index in [1.54, 1.807) is 0 Å². The lowest BCUT2D eigenvalue weighted by Gasteiger charge is -2.24. The lowest BCUT2D eigenvalue weighted by atomic mass is 10.0. The number of phosphoric ester groups is 1.